The van der Waals surface area contributed by atoms with Crippen molar-refractivity contribution in [2.24, 2.45) is 0 Å². The summed E-state index contributed by atoms with van der Waals surface area (Å²) >= 11 is 0. The van der Waals surface area contributed by atoms with Gasteiger partial charge >= 0.3 is 0 Å². The molecule has 2 N–H and O–H groups in total. The SMILES string of the molecule is CCC[C@@](O)(CCc1ccccc1)CC(=O)n1ccnc1.c1c[nH]cn1. The molecule has 0 amide bonds. The van der Waals surface area contributed by atoms with Crippen LogP contribution < -0.4 is 0 Å². The molecule has 3 aromatic rings. The largest absolute Gasteiger partial charge is 0.389 e. The second kappa shape index (κ2) is 10.3. The monoisotopic (exact) mass is 354 g/mol. The summed E-state index contributed by atoms with van der Waals surface area (Å²) in [6.45, 7) is 2.02. The number of hydrogen-bond acceptors (Lipinski definition) is 4. The Kier molecular flexibility index (Phi) is 7.76. The lowest BCUT2D eigenvalue weighted by atomic mass is 9.87. The molecular formula is C20H26N4O2. The first kappa shape index (κ1) is 19.6. The minimum Gasteiger partial charge on any atom is -0.389 e. The number of aromatic nitrogens is 4. The quantitative estimate of drug-likeness (QED) is 0.680. The molecule has 0 saturated carbocycles. The smallest absolute Gasteiger partial charge is 0.234 e. The molecule has 0 aliphatic rings. The van der Waals surface area contributed by atoms with E-state index in [1.165, 1.54) is 16.5 Å². The van der Waals surface area contributed by atoms with Gasteiger partial charge in [0.25, 0.3) is 0 Å². The molecule has 2 heterocycles. The zero-order valence-electron chi connectivity index (χ0n) is 15.1. The predicted molar refractivity (Wildman–Crippen MR) is 101 cm³/mol. The number of carbonyl (C=O) groups excluding carboxylic acids is 1. The van der Waals surface area contributed by atoms with E-state index in [1.807, 2.05) is 37.3 Å². The summed E-state index contributed by atoms with van der Waals surface area (Å²) in [5.74, 6) is -0.114. The molecule has 0 aliphatic carbocycles. The van der Waals surface area contributed by atoms with Crippen LogP contribution in [0.4, 0.5) is 0 Å². The number of aromatic amines is 1. The van der Waals surface area contributed by atoms with Gasteiger partial charge in [0.05, 0.1) is 18.3 Å². The molecule has 6 heteroatoms. The molecule has 0 unspecified atom stereocenters. The van der Waals surface area contributed by atoms with Crippen molar-refractivity contribution in [3.05, 3.63) is 73.3 Å². The molecule has 1 aromatic carbocycles. The molecule has 1 atom stereocenters. The van der Waals surface area contributed by atoms with Crippen LogP contribution in [0.3, 0.4) is 0 Å². The maximum absolute atomic E-state index is 12.2. The fraction of sp³-hybridized carbons (Fsp3) is 0.350. The summed E-state index contributed by atoms with van der Waals surface area (Å²) in [5, 5.41) is 10.8. The lowest BCUT2D eigenvalue weighted by Crippen LogP contribution is -2.34. The van der Waals surface area contributed by atoms with Crippen molar-refractivity contribution in [2.75, 3.05) is 0 Å². The van der Waals surface area contributed by atoms with Gasteiger partial charge in [0, 0.05) is 24.8 Å². The Balaban J connectivity index is 0.000000417. The number of H-pyrrole nitrogens is 1. The van der Waals surface area contributed by atoms with Gasteiger partial charge in [-0.05, 0) is 24.8 Å². The fourth-order valence-corrected chi connectivity index (χ4v) is 2.78. The predicted octanol–water partition coefficient (Wildman–Crippen LogP) is 3.49. The summed E-state index contributed by atoms with van der Waals surface area (Å²) < 4.78 is 1.43. The Morgan fingerprint density at radius 3 is 2.54 bits per heavy atom. The van der Waals surface area contributed by atoms with Gasteiger partial charge in [-0.1, -0.05) is 43.7 Å². The molecule has 26 heavy (non-hydrogen) atoms. The van der Waals surface area contributed by atoms with Crippen molar-refractivity contribution < 1.29 is 9.90 Å². The van der Waals surface area contributed by atoms with Crippen LogP contribution in [-0.2, 0) is 6.42 Å². The number of carbonyl (C=O) groups is 1. The zero-order chi connectivity index (χ0) is 18.7. The normalized spacial score (nSPS) is 12.7. The summed E-state index contributed by atoms with van der Waals surface area (Å²) in [4.78, 5) is 22.5. The molecule has 2 aromatic heterocycles. The van der Waals surface area contributed by atoms with Crippen molar-refractivity contribution in [3.63, 3.8) is 0 Å². The summed E-state index contributed by atoms with van der Waals surface area (Å²) in [7, 11) is 0. The van der Waals surface area contributed by atoms with E-state index in [-0.39, 0.29) is 12.3 Å². The molecule has 0 saturated heterocycles. The fourth-order valence-electron chi connectivity index (χ4n) is 2.78. The summed E-state index contributed by atoms with van der Waals surface area (Å²) in [6, 6.07) is 10.0. The van der Waals surface area contributed by atoms with E-state index >= 15 is 0 Å². The number of imidazole rings is 2. The van der Waals surface area contributed by atoms with Crippen LogP contribution in [0.5, 0.6) is 0 Å². The highest BCUT2D eigenvalue weighted by molar-refractivity contribution is 5.79. The molecule has 6 nitrogen and oxygen atoms in total. The van der Waals surface area contributed by atoms with Crippen molar-refractivity contribution in [1.29, 1.82) is 0 Å². The Labute approximate surface area is 153 Å². The standard InChI is InChI=1S/C17H22N2O2.C3H4N2/c1-2-9-17(21,10-8-15-6-4-3-5-7-15)13-16(20)19-12-11-18-14-19;1-2-5-3-4-1/h3-7,11-12,14,21H,2,8-10,13H2,1H3;1-3H,(H,4,5)/t17-;/m1./s1. The number of benzene rings is 1. The van der Waals surface area contributed by atoms with E-state index in [1.54, 1.807) is 31.1 Å². The number of aryl methyl sites for hydroxylation is 1. The molecule has 0 aliphatic heterocycles. The minimum absolute atomic E-state index is 0.114. The van der Waals surface area contributed by atoms with E-state index in [0.29, 0.717) is 12.8 Å². The van der Waals surface area contributed by atoms with Crippen molar-refractivity contribution >= 4 is 5.91 Å². The lowest BCUT2D eigenvalue weighted by molar-refractivity contribution is 0.0129. The third-order valence-electron chi connectivity index (χ3n) is 4.12. The van der Waals surface area contributed by atoms with Gasteiger partial charge in [0.15, 0.2) is 0 Å². The van der Waals surface area contributed by atoms with Crippen molar-refractivity contribution in [3.8, 4) is 0 Å². The average Bonchev–Trinajstić information content (AvgIpc) is 3.37. The Morgan fingerprint density at radius 1 is 1.19 bits per heavy atom. The molecule has 3 rings (SSSR count). The van der Waals surface area contributed by atoms with Crippen LogP contribution in [0, 0.1) is 0 Å². The summed E-state index contributed by atoms with van der Waals surface area (Å²) in [5.41, 5.74) is 0.230. The first-order chi connectivity index (χ1) is 12.6. The van der Waals surface area contributed by atoms with E-state index < -0.39 is 5.60 Å². The van der Waals surface area contributed by atoms with Crippen LogP contribution in [0.25, 0.3) is 0 Å². The lowest BCUT2D eigenvalue weighted by Gasteiger charge is -2.27. The topological polar surface area (TPSA) is 83.8 Å². The molecule has 0 fully saturated rings. The van der Waals surface area contributed by atoms with Gasteiger partial charge in [0.1, 0.15) is 6.33 Å². The number of nitrogens with zero attached hydrogens (tertiary/aromatic N) is 3. The maximum Gasteiger partial charge on any atom is 0.234 e. The van der Waals surface area contributed by atoms with Crippen LogP contribution in [-0.4, -0.2) is 36.1 Å². The Bertz CT molecular complexity index is 709. The first-order valence-electron chi connectivity index (χ1n) is 8.83. The van der Waals surface area contributed by atoms with Gasteiger partial charge in [-0.15, -0.1) is 0 Å². The highest BCUT2D eigenvalue weighted by Crippen LogP contribution is 2.25. The Hall–Kier alpha value is -2.73. The van der Waals surface area contributed by atoms with E-state index in [9.17, 15) is 9.90 Å². The van der Waals surface area contributed by atoms with Crippen LogP contribution in [0.1, 0.15) is 43.0 Å². The maximum atomic E-state index is 12.2. The van der Waals surface area contributed by atoms with E-state index in [4.69, 9.17) is 0 Å². The third-order valence-corrected chi connectivity index (χ3v) is 4.12. The second-order valence-corrected chi connectivity index (χ2v) is 6.26. The summed E-state index contributed by atoms with van der Waals surface area (Å²) in [6.07, 6.45) is 12.7. The first-order valence-corrected chi connectivity index (χ1v) is 8.83. The highest BCUT2D eigenvalue weighted by atomic mass is 16.3. The minimum atomic E-state index is -0.952. The third kappa shape index (κ3) is 6.64. The molecule has 0 spiro atoms. The Morgan fingerprint density at radius 2 is 2.00 bits per heavy atom. The van der Waals surface area contributed by atoms with Crippen molar-refractivity contribution in [1.82, 2.24) is 19.5 Å². The van der Waals surface area contributed by atoms with Gasteiger partial charge in [-0.25, -0.2) is 9.97 Å². The number of aliphatic hydroxyl groups is 1. The van der Waals surface area contributed by atoms with Crippen molar-refractivity contribution in [2.45, 2.75) is 44.6 Å². The van der Waals surface area contributed by atoms with Gasteiger partial charge in [-0.3, -0.25) is 9.36 Å². The van der Waals surface area contributed by atoms with Crippen LogP contribution in [0.15, 0.2) is 67.8 Å². The van der Waals surface area contributed by atoms with Crippen LogP contribution in [0.2, 0.25) is 0 Å². The molecule has 0 radical (unpaired) electrons. The van der Waals surface area contributed by atoms with E-state index in [0.717, 1.165) is 12.8 Å². The second-order valence-electron chi connectivity index (χ2n) is 6.26. The zero-order valence-corrected chi connectivity index (χ0v) is 15.1. The number of hydrogen-bond donors (Lipinski definition) is 2. The van der Waals surface area contributed by atoms with E-state index in [2.05, 4.69) is 15.0 Å². The van der Waals surface area contributed by atoms with Crippen LogP contribution >= 0.6 is 0 Å². The molecular weight excluding hydrogens is 328 g/mol. The molecule has 138 valence electrons. The van der Waals surface area contributed by atoms with Gasteiger partial charge in [0.2, 0.25) is 5.91 Å². The van der Waals surface area contributed by atoms with Gasteiger partial charge < -0.3 is 10.1 Å². The molecule has 0 bridgehead atoms. The number of rotatable bonds is 7. The van der Waals surface area contributed by atoms with Gasteiger partial charge in [-0.2, -0.15) is 0 Å². The average molecular weight is 354 g/mol. The number of nitrogens with one attached hydrogen (secondary N) is 1. The highest BCUT2D eigenvalue weighted by Gasteiger charge is 2.29.